The molecule has 0 saturated carbocycles. The van der Waals surface area contributed by atoms with Gasteiger partial charge in [-0.2, -0.15) is 0 Å². The van der Waals surface area contributed by atoms with E-state index in [-0.39, 0.29) is 5.91 Å². The van der Waals surface area contributed by atoms with Gasteiger partial charge in [0.25, 0.3) is 5.91 Å². The molecule has 4 nitrogen and oxygen atoms in total. The van der Waals surface area contributed by atoms with Crippen LogP contribution in [0.15, 0.2) is 36.5 Å². The van der Waals surface area contributed by atoms with Crippen molar-refractivity contribution in [2.24, 2.45) is 0 Å². The van der Waals surface area contributed by atoms with E-state index in [1.165, 1.54) is 0 Å². The van der Waals surface area contributed by atoms with E-state index >= 15 is 0 Å². The molecule has 1 amide bonds. The lowest BCUT2D eigenvalue weighted by molar-refractivity contribution is 0.0950. The topological polar surface area (TPSA) is 51.2 Å². The van der Waals surface area contributed by atoms with Gasteiger partial charge in [0, 0.05) is 24.0 Å². The van der Waals surface area contributed by atoms with E-state index in [9.17, 15) is 4.79 Å². The first-order chi connectivity index (χ1) is 9.61. The minimum atomic E-state index is -0.0798. The predicted molar refractivity (Wildman–Crippen MR) is 77.9 cm³/mol. The second kappa shape index (κ2) is 6.19. The fraction of sp³-hybridized carbons (Fsp3) is 0.250. The smallest absolute Gasteiger partial charge is 0.251 e. The summed E-state index contributed by atoms with van der Waals surface area (Å²) in [5, 5.41) is 2.91. The molecule has 4 heteroatoms. The molecule has 0 spiro atoms. The highest BCUT2D eigenvalue weighted by molar-refractivity contribution is 5.95. The van der Waals surface area contributed by atoms with E-state index in [2.05, 4.69) is 10.3 Å². The van der Waals surface area contributed by atoms with Crippen LogP contribution in [0, 0.1) is 13.8 Å². The highest BCUT2D eigenvalue weighted by Gasteiger charge is 2.10. The molecule has 0 aliphatic rings. The normalized spacial score (nSPS) is 10.2. The zero-order chi connectivity index (χ0) is 14.5. The molecule has 1 aromatic carbocycles. The summed E-state index contributed by atoms with van der Waals surface area (Å²) in [7, 11) is 1.63. The van der Waals surface area contributed by atoms with Crippen LogP contribution >= 0.6 is 0 Å². The molecule has 0 bridgehead atoms. The van der Waals surface area contributed by atoms with Gasteiger partial charge < -0.3 is 10.1 Å². The maximum atomic E-state index is 12.2. The lowest BCUT2D eigenvalue weighted by Gasteiger charge is -2.09. The van der Waals surface area contributed by atoms with Gasteiger partial charge in [-0.25, -0.2) is 0 Å². The summed E-state index contributed by atoms with van der Waals surface area (Å²) in [6.45, 7) is 4.30. The van der Waals surface area contributed by atoms with Gasteiger partial charge in [-0.05, 0) is 43.2 Å². The molecule has 0 radical (unpaired) electrons. The number of hydrogen-bond acceptors (Lipinski definition) is 3. The first-order valence-electron chi connectivity index (χ1n) is 6.45. The Bertz CT molecular complexity index is 606. The summed E-state index contributed by atoms with van der Waals surface area (Å²) in [5.74, 6) is 0.726. The van der Waals surface area contributed by atoms with Gasteiger partial charge >= 0.3 is 0 Å². The number of ether oxygens (including phenoxy) is 1. The highest BCUT2D eigenvalue weighted by Crippen LogP contribution is 2.12. The summed E-state index contributed by atoms with van der Waals surface area (Å²) >= 11 is 0. The van der Waals surface area contributed by atoms with Crippen LogP contribution < -0.4 is 10.1 Å². The Balaban J connectivity index is 2.02. The van der Waals surface area contributed by atoms with Crippen molar-refractivity contribution < 1.29 is 9.53 Å². The number of aryl methyl sites for hydroxylation is 1. The standard InChI is InChI=1S/C16H18N2O2/c1-11-12(2)17-9-8-15(11)16(19)18-10-13-4-6-14(20-3)7-5-13/h4-9H,10H2,1-3H3,(H,18,19). The van der Waals surface area contributed by atoms with Crippen LogP contribution in [-0.2, 0) is 6.54 Å². The molecule has 1 N–H and O–H groups in total. The number of amides is 1. The minimum Gasteiger partial charge on any atom is -0.497 e. The molecule has 0 aliphatic carbocycles. The lowest BCUT2D eigenvalue weighted by atomic mass is 10.1. The number of pyridine rings is 1. The molecule has 0 atom stereocenters. The first kappa shape index (κ1) is 14.1. The third kappa shape index (κ3) is 3.15. The number of carbonyl (C=O) groups excluding carboxylic acids is 1. The van der Waals surface area contributed by atoms with Crippen molar-refractivity contribution >= 4 is 5.91 Å². The second-order valence-electron chi connectivity index (χ2n) is 4.60. The molecule has 0 fully saturated rings. The number of hydrogen-bond donors (Lipinski definition) is 1. The van der Waals surface area contributed by atoms with Crippen molar-refractivity contribution in [1.82, 2.24) is 10.3 Å². The Morgan fingerprint density at radius 1 is 1.20 bits per heavy atom. The van der Waals surface area contributed by atoms with E-state index in [0.29, 0.717) is 12.1 Å². The molecule has 2 aromatic rings. The second-order valence-corrected chi connectivity index (χ2v) is 4.60. The van der Waals surface area contributed by atoms with Crippen LogP contribution in [0.5, 0.6) is 5.75 Å². The highest BCUT2D eigenvalue weighted by atomic mass is 16.5. The van der Waals surface area contributed by atoms with Crippen LogP contribution in [0.1, 0.15) is 27.2 Å². The summed E-state index contributed by atoms with van der Waals surface area (Å²) in [4.78, 5) is 16.3. The molecule has 2 rings (SSSR count). The Hall–Kier alpha value is -2.36. The van der Waals surface area contributed by atoms with Gasteiger partial charge in [-0.3, -0.25) is 9.78 Å². The quantitative estimate of drug-likeness (QED) is 0.929. The third-order valence-electron chi connectivity index (χ3n) is 3.31. The molecule has 0 aliphatic heterocycles. The zero-order valence-corrected chi connectivity index (χ0v) is 11.9. The fourth-order valence-corrected chi connectivity index (χ4v) is 1.91. The van der Waals surface area contributed by atoms with E-state index < -0.39 is 0 Å². The number of benzene rings is 1. The van der Waals surface area contributed by atoms with Gasteiger partial charge in [-0.1, -0.05) is 12.1 Å². The molecular weight excluding hydrogens is 252 g/mol. The van der Waals surface area contributed by atoms with Crippen molar-refractivity contribution in [3.05, 3.63) is 58.9 Å². The number of nitrogens with one attached hydrogen (secondary N) is 1. The number of nitrogens with zero attached hydrogens (tertiary/aromatic N) is 1. The van der Waals surface area contributed by atoms with E-state index in [1.54, 1.807) is 19.4 Å². The summed E-state index contributed by atoms with van der Waals surface area (Å²) in [6.07, 6.45) is 1.66. The van der Waals surface area contributed by atoms with Gasteiger partial charge in [-0.15, -0.1) is 0 Å². The molecule has 20 heavy (non-hydrogen) atoms. The van der Waals surface area contributed by atoms with Gasteiger partial charge in [0.05, 0.1) is 7.11 Å². The Morgan fingerprint density at radius 2 is 1.90 bits per heavy atom. The molecule has 0 unspecified atom stereocenters. The maximum Gasteiger partial charge on any atom is 0.251 e. The summed E-state index contributed by atoms with van der Waals surface area (Å²) in [5.41, 5.74) is 3.50. The molecular formula is C16H18N2O2. The van der Waals surface area contributed by atoms with E-state index in [0.717, 1.165) is 22.6 Å². The number of carbonyl (C=O) groups is 1. The van der Waals surface area contributed by atoms with Gasteiger partial charge in [0.15, 0.2) is 0 Å². The van der Waals surface area contributed by atoms with Crippen molar-refractivity contribution in [2.75, 3.05) is 7.11 Å². The average Bonchev–Trinajstić information content (AvgIpc) is 2.48. The molecule has 1 heterocycles. The maximum absolute atomic E-state index is 12.2. The minimum absolute atomic E-state index is 0.0798. The van der Waals surface area contributed by atoms with Gasteiger partial charge in [0.1, 0.15) is 5.75 Å². The predicted octanol–water partition coefficient (Wildman–Crippen LogP) is 2.64. The van der Waals surface area contributed by atoms with Crippen LogP contribution in [0.2, 0.25) is 0 Å². The Labute approximate surface area is 118 Å². The largest absolute Gasteiger partial charge is 0.497 e. The van der Waals surface area contributed by atoms with Crippen molar-refractivity contribution in [1.29, 1.82) is 0 Å². The zero-order valence-electron chi connectivity index (χ0n) is 11.9. The monoisotopic (exact) mass is 270 g/mol. The summed E-state index contributed by atoms with van der Waals surface area (Å²) < 4.78 is 5.10. The Kier molecular flexibility index (Phi) is 4.35. The van der Waals surface area contributed by atoms with E-state index in [1.807, 2.05) is 38.1 Å². The third-order valence-corrected chi connectivity index (χ3v) is 3.31. The number of rotatable bonds is 4. The molecule has 1 aromatic heterocycles. The Morgan fingerprint density at radius 3 is 2.55 bits per heavy atom. The number of methoxy groups -OCH3 is 1. The van der Waals surface area contributed by atoms with Crippen LogP contribution in [0.25, 0.3) is 0 Å². The number of aromatic nitrogens is 1. The van der Waals surface area contributed by atoms with Crippen LogP contribution in [0.4, 0.5) is 0 Å². The van der Waals surface area contributed by atoms with Crippen LogP contribution in [-0.4, -0.2) is 18.0 Å². The van der Waals surface area contributed by atoms with Crippen molar-refractivity contribution in [3.8, 4) is 5.75 Å². The van der Waals surface area contributed by atoms with Crippen molar-refractivity contribution in [3.63, 3.8) is 0 Å². The SMILES string of the molecule is COc1ccc(CNC(=O)c2ccnc(C)c2C)cc1. The van der Waals surface area contributed by atoms with Crippen LogP contribution in [0.3, 0.4) is 0 Å². The average molecular weight is 270 g/mol. The molecule has 104 valence electrons. The lowest BCUT2D eigenvalue weighted by Crippen LogP contribution is -2.24. The summed E-state index contributed by atoms with van der Waals surface area (Å²) in [6, 6.07) is 9.37. The molecule has 0 saturated heterocycles. The fourth-order valence-electron chi connectivity index (χ4n) is 1.91. The van der Waals surface area contributed by atoms with E-state index in [4.69, 9.17) is 4.74 Å². The van der Waals surface area contributed by atoms with Crippen molar-refractivity contribution in [2.45, 2.75) is 20.4 Å². The van der Waals surface area contributed by atoms with Gasteiger partial charge in [0.2, 0.25) is 0 Å². The first-order valence-corrected chi connectivity index (χ1v) is 6.45.